The fraction of sp³-hybridized carbons (Fsp3) is 0.353. The molecule has 0 radical (unpaired) electrons. The number of nitrogens with one attached hydrogen (secondary N) is 1. The average Bonchev–Trinajstić information content (AvgIpc) is 2.85. The fourth-order valence-corrected chi connectivity index (χ4v) is 3.44. The maximum absolute atomic E-state index is 12.2. The summed E-state index contributed by atoms with van der Waals surface area (Å²) in [7, 11) is 5.50. The van der Waals surface area contributed by atoms with Crippen LogP contribution in [0, 0.1) is 0 Å². The molecular formula is C17H20N6O2. The van der Waals surface area contributed by atoms with E-state index < -0.39 is 11.2 Å². The second-order valence-electron chi connectivity index (χ2n) is 6.43. The van der Waals surface area contributed by atoms with Gasteiger partial charge in [-0.2, -0.15) is 4.98 Å². The lowest BCUT2D eigenvalue weighted by Crippen LogP contribution is -2.31. The number of aromatic amines is 1. The third-order valence-electron chi connectivity index (χ3n) is 4.86. The molecule has 0 amide bonds. The number of aryl methyl sites for hydroxylation is 2. The van der Waals surface area contributed by atoms with Crippen LogP contribution < -0.4 is 21.0 Å². The molecule has 25 heavy (non-hydrogen) atoms. The van der Waals surface area contributed by atoms with Crippen LogP contribution in [0.4, 0.5) is 11.6 Å². The predicted molar refractivity (Wildman–Crippen MR) is 97.3 cm³/mol. The number of imidazole rings is 1. The summed E-state index contributed by atoms with van der Waals surface area (Å²) in [6.07, 6.45) is 0. The highest BCUT2D eigenvalue weighted by atomic mass is 16.2. The van der Waals surface area contributed by atoms with Crippen molar-refractivity contribution in [2.75, 3.05) is 29.9 Å². The van der Waals surface area contributed by atoms with E-state index in [2.05, 4.69) is 38.9 Å². The van der Waals surface area contributed by atoms with Crippen molar-refractivity contribution < 1.29 is 0 Å². The number of nitrogens with zero attached hydrogens (tertiary/aromatic N) is 5. The lowest BCUT2D eigenvalue weighted by Gasteiger charge is -2.21. The molecule has 2 aromatic heterocycles. The quantitative estimate of drug-likeness (QED) is 0.694. The Labute approximate surface area is 143 Å². The molecule has 130 valence electrons. The highest BCUT2D eigenvalue weighted by Crippen LogP contribution is 2.27. The van der Waals surface area contributed by atoms with E-state index in [9.17, 15) is 9.59 Å². The third kappa shape index (κ3) is 2.33. The van der Waals surface area contributed by atoms with Gasteiger partial charge in [0, 0.05) is 46.5 Å². The number of H-pyrrole nitrogens is 1. The van der Waals surface area contributed by atoms with Crippen LogP contribution in [0.15, 0.2) is 33.9 Å². The van der Waals surface area contributed by atoms with Gasteiger partial charge in [-0.1, -0.05) is 18.2 Å². The first-order chi connectivity index (χ1) is 12.0. The van der Waals surface area contributed by atoms with E-state index in [1.54, 1.807) is 11.6 Å². The normalized spacial score (nSPS) is 14.7. The van der Waals surface area contributed by atoms with E-state index in [1.807, 2.05) is 19.2 Å². The number of para-hydroxylation sites is 1. The van der Waals surface area contributed by atoms with Gasteiger partial charge in [-0.3, -0.25) is 14.3 Å². The van der Waals surface area contributed by atoms with Gasteiger partial charge in [-0.05, 0) is 11.6 Å². The summed E-state index contributed by atoms with van der Waals surface area (Å²) in [5.41, 5.74) is 2.35. The Morgan fingerprint density at radius 3 is 2.60 bits per heavy atom. The smallest absolute Gasteiger partial charge is 0.329 e. The lowest BCUT2D eigenvalue weighted by atomic mass is 10.1. The molecule has 0 fully saturated rings. The molecule has 0 unspecified atom stereocenters. The molecule has 0 spiro atoms. The van der Waals surface area contributed by atoms with Crippen LogP contribution in [0.2, 0.25) is 0 Å². The summed E-state index contributed by atoms with van der Waals surface area (Å²) in [5, 5.41) is 0. The number of hydrogen-bond donors (Lipinski definition) is 1. The molecule has 8 heteroatoms. The monoisotopic (exact) mass is 340 g/mol. The Bertz CT molecular complexity index is 1080. The van der Waals surface area contributed by atoms with Gasteiger partial charge in [0.15, 0.2) is 11.2 Å². The molecule has 1 aromatic carbocycles. The number of likely N-dealkylation sites (N-methyl/N-ethyl adjacent to an activating group) is 1. The van der Waals surface area contributed by atoms with E-state index in [1.165, 1.54) is 15.8 Å². The number of rotatable bonds is 1. The second-order valence-corrected chi connectivity index (χ2v) is 6.43. The van der Waals surface area contributed by atoms with Crippen LogP contribution in [0.5, 0.6) is 0 Å². The number of hydrogen-bond acceptors (Lipinski definition) is 5. The predicted octanol–water partition coefficient (Wildman–Crippen LogP) is 0.417. The highest BCUT2D eigenvalue weighted by molar-refractivity contribution is 5.74. The van der Waals surface area contributed by atoms with Gasteiger partial charge in [-0.25, -0.2) is 4.79 Å². The first kappa shape index (κ1) is 15.5. The van der Waals surface area contributed by atoms with E-state index >= 15 is 0 Å². The summed E-state index contributed by atoms with van der Waals surface area (Å²) >= 11 is 0. The molecule has 1 N–H and O–H groups in total. The van der Waals surface area contributed by atoms with Crippen molar-refractivity contribution in [1.29, 1.82) is 0 Å². The van der Waals surface area contributed by atoms with Crippen molar-refractivity contribution in [3.05, 3.63) is 50.7 Å². The summed E-state index contributed by atoms with van der Waals surface area (Å²) in [5.74, 6) is 0.687. The van der Waals surface area contributed by atoms with E-state index in [4.69, 9.17) is 0 Å². The minimum Gasteiger partial charge on any atom is -0.373 e. The largest absolute Gasteiger partial charge is 0.373 e. The Hall–Kier alpha value is -3.03. The van der Waals surface area contributed by atoms with Crippen LogP contribution in [0.3, 0.4) is 0 Å². The first-order valence-electron chi connectivity index (χ1n) is 8.17. The van der Waals surface area contributed by atoms with Gasteiger partial charge in [0.1, 0.15) is 0 Å². The minimum absolute atomic E-state index is 0.400. The number of benzene rings is 1. The van der Waals surface area contributed by atoms with E-state index in [0.29, 0.717) is 23.7 Å². The fourth-order valence-electron chi connectivity index (χ4n) is 3.44. The van der Waals surface area contributed by atoms with Crippen molar-refractivity contribution in [1.82, 2.24) is 19.1 Å². The number of aromatic nitrogens is 4. The summed E-state index contributed by atoms with van der Waals surface area (Å²) in [6, 6.07) is 8.28. The molecule has 3 heterocycles. The Morgan fingerprint density at radius 1 is 1.04 bits per heavy atom. The molecule has 1 aliphatic rings. The number of fused-ring (bicyclic) bond motifs is 2. The maximum Gasteiger partial charge on any atom is 0.329 e. The van der Waals surface area contributed by atoms with Crippen LogP contribution in [-0.2, 0) is 20.6 Å². The van der Waals surface area contributed by atoms with Crippen molar-refractivity contribution in [3.63, 3.8) is 0 Å². The minimum atomic E-state index is -0.455. The van der Waals surface area contributed by atoms with Gasteiger partial charge in [0.25, 0.3) is 5.56 Å². The third-order valence-corrected chi connectivity index (χ3v) is 4.86. The summed E-state index contributed by atoms with van der Waals surface area (Å²) in [4.78, 5) is 35.4. The van der Waals surface area contributed by atoms with Crippen LogP contribution in [0.25, 0.3) is 11.2 Å². The molecule has 0 saturated heterocycles. The molecular weight excluding hydrogens is 320 g/mol. The van der Waals surface area contributed by atoms with E-state index in [-0.39, 0.29) is 0 Å². The zero-order chi connectivity index (χ0) is 17.7. The van der Waals surface area contributed by atoms with Crippen molar-refractivity contribution >= 4 is 22.8 Å². The van der Waals surface area contributed by atoms with E-state index in [0.717, 1.165) is 13.1 Å². The standard InChI is InChI=1S/C17H20N6O2/c1-20-8-9-23(10-11-6-4-5-7-12(11)20)16-18-14-13(21(16)2)15(24)19-17(25)22(14)3/h4-7H,8-10H2,1-3H3,(H,19,24,25). The number of anilines is 2. The Kier molecular flexibility index (Phi) is 3.41. The van der Waals surface area contributed by atoms with Gasteiger partial charge in [0.2, 0.25) is 5.95 Å². The molecule has 0 atom stereocenters. The van der Waals surface area contributed by atoms with Gasteiger partial charge in [0.05, 0.1) is 0 Å². The molecule has 1 aliphatic heterocycles. The van der Waals surface area contributed by atoms with Gasteiger partial charge in [-0.15, -0.1) is 0 Å². The second kappa shape index (κ2) is 5.51. The molecule has 0 aliphatic carbocycles. The average molecular weight is 340 g/mol. The maximum atomic E-state index is 12.2. The molecule has 8 nitrogen and oxygen atoms in total. The van der Waals surface area contributed by atoms with Crippen molar-refractivity contribution in [3.8, 4) is 0 Å². The lowest BCUT2D eigenvalue weighted by molar-refractivity contribution is 0.743. The zero-order valence-electron chi connectivity index (χ0n) is 14.5. The topological polar surface area (TPSA) is 79.2 Å². The van der Waals surface area contributed by atoms with Crippen LogP contribution >= 0.6 is 0 Å². The molecule has 0 saturated carbocycles. The Balaban J connectivity index is 1.87. The molecule has 0 bridgehead atoms. The van der Waals surface area contributed by atoms with Crippen molar-refractivity contribution in [2.45, 2.75) is 6.54 Å². The zero-order valence-corrected chi connectivity index (χ0v) is 14.5. The SMILES string of the molecule is CN1CCN(c2nc3c(c(=O)[nH]c(=O)n3C)n2C)Cc2ccccc21. The first-order valence-corrected chi connectivity index (χ1v) is 8.17. The molecule has 4 rings (SSSR count). The van der Waals surface area contributed by atoms with Gasteiger partial charge < -0.3 is 14.4 Å². The van der Waals surface area contributed by atoms with Crippen LogP contribution in [-0.4, -0.2) is 39.2 Å². The Morgan fingerprint density at radius 2 is 1.80 bits per heavy atom. The van der Waals surface area contributed by atoms with Gasteiger partial charge >= 0.3 is 5.69 Å². The van der Waals surface area contributed by atoms with Crippen molar-refractivity contribution in [2.24, 2.45) is 14.1 Å². The highest BCUT2D eigenvalue weighted by Gasteiger charge is 2.23. The van der Waals surface area contributed by atoms with Crippen LogP contribution in [0.1, 0.15) is 5.56 Å². The summed E-state index contributed by atoms with van der Waals surface area (Å²) < 4.78 is 3.14. The molecule has 3 aromatic rings. The summed E-state index contributed by atoms with van der Waals surface area (Å²) in [6.45, 7) is 2.31.